The molecule has 0 amide bonds. The van der Waals surface area contributed by atoms with E-state index in [1.807, 2.05) is 0 Å². The number of hydrogen-bond donors (Lipinski definition) is 5. The van der Waals surface area contributed by atoms with Crippen molar-refractivity contribution in [2.75, 3.05) is 5.73 Å². The van der Waals surface area contributed by atoms with E-state index in [-0.39, 0.29) is 44.3 Å². The van der Waals surface area contributed by atoms with Crippen LogP contribution in [0.2, 0.25) is 0 Å². The number of azo groups is 3. The summed E-state index contributed by atoms with van der Waals surface area (Å²) in [5.74, 6) is -0.630. The molecule has 0 bridgehead atoms. The van der Waals surface area contributed by atoms with Gasteiger partial charge in [-0.3, -0.25) is 13.7 Å². The number of phenolic OH excluding ortho intramolecular Hbond substituents is 1. The first-order chi connectivity index (χ1) is 26.5. The summed E-state index contributed by atoms with van der Waals surface area (Å²) in [7, 11) is -14.2. The Kier molecular flexibility index (Phi) is 9.62. The zero-order chi connectivity index (χ0) is 40.0. The van der Waals surface area contributed by atoms with Crippen LogP contribution >= 0.6 is 0 Å². The molecule has 0 spiro atoms. The van der Waals surface area contributed by atoms with E-state index in [1.54, 1.807) is 42.5 Å². The molecule has 7 aromatic rings. The van der Waals surface area contributed by atoms with Crippen LogP contribution in [0.25, 0.3) is 32.3 Å². The van der Waals surface area contributed by atoms with Gasteiger partial charge in [-0.25, -0.2) is 0 Å². The van der Waals surface area contributed by atoms with E-state index in [2.05, 4.69) is 30.7 Å². The van der Waals surface area contributed by atoms with Crippen molar-refractivity contribution in [3.8, 4) is 5.75 Å². The third kappa shape index (κ3) is 7.55. The fourth-order valence-corrected chi connectivity index (χ4v) is 7.60. The molecule has 0 aromatic heterocycles. The highest BCUT2D eigenvalue weighted by Gasteiger charge is 2.23. The molecule has 20 heteroatoms. The van der Waals surface area contributed by atoms with Gasteiger partial charge in [0.2, 0.25) is 0 Å². The summed E-state index contributed by atoms with van der Waals surface area (Å²) in [6.07, 6.45) is 0. The molecule has 282 valence electrons. The maximum Gasteiger partial charge on any atom is 0.296 e. The molecule has 0 aliphatic carbocycles. The number of anilines is 1. The third-order valence-electron chi connectivity index (χ3n) is 8.40. The molecule has 6 N–H and O–H groups in total. The predicted molar refractivity (Wildman–Crippen MR) is 206 cm³/mol. The normalized spacial score (nSPS) is 12.9. The lowest BCUT2D eigenvalue weighted by Gasteiger charge is -2.10. The molecule has 0 heterocycles. The van der Waals surface area contributed by atoms with Crippen molar-refractivity contribution >= 4 is 102 Å². The Morgan fingerprint density at radius 1 is 0.429 bits per heavy atom. The van der Waals surface area contributed by atoms with Gasteiger partial charge in [0.1, 0.15) is 21.2 Å². The Labute approximate surface area is 317 Å². The van der Waals surface area contributed by atoms with Crippen LogP contribution in [0.5, 0.6) is 5.75 Å². The number of nitrogen functional groups attached to an aromatic ring is 1. The Balaban J connectivity index is 1.31. The van der Waals surface area contributed by atoms with Crippen LogP contribution in [0.1, 0.15) is 0 Å². The topological polar surface area (TPSA) is 284 Å². The van der Waals surface area contributed by atoms with Gasteiger partial charge in [0.05, 0.1) is 27.6 Å². The minimum atomic E-state index is -4.95. The Morgan fingerprint density at radius 3 is 1.48 bits per heavy atom. The average molecular weight is 812 g/mol. The van der Waals surface area contributed by atoms with Crippen molar-refractivity contribution < 1.29 is 44.0 Å². The fraction of sp³-hybridized carbons (Fsp3) is 0. The number of nitrogens with two attached hydrogens (primary N) is 1. The van der Waals surface area contributed by atoms with Crippen LogP contribution in [-0.2, 0) is 30.4 Å². The standard InChI is InChI=1S/C36H25N7O10S3/c37-21-9-11-23-20(17-21)18-34(56(51,52)53)35(36(23)44)43-41-31-16-15-30(26-12-10-22(19-27(26)31)54(45,46)47)39-38-28-13-14-29(25-6-2-1-5-24(25)28)40-42-32-7-3-4-8-33(32)55(48,49)50/h1-19,44H,37H2,(H,45,46,47)(H,48,49,50)(H,51,52,53). The summed E-state index contributed by atoms with van der Waals surface area (Å²) in [4.78, 5) is -1.69. The van der Waals surface area contributed by atoms with Gasteiger partial charge in [-0.1, -0.05) is 42.5 Å². The molecular weight excluding hydrogens is 787 g/mol. The average Bonchev–Trinajstić information content (AvgIpc) is 3.15. The lowest BCUT2D eigenvalue weighted by atomic mass is 10.1. The second-order valence-corrected chi connectivity index (χ2v) is 16.2. The smallest absolute Gasteiger partial charge is 0.296 e. The van der Waals surface area contributed by atoms with Crippen molar-refractivity contribution in [1.29, 1.82) is 0 Å². The highest BCUT2D eigenvalue weighted by atomic mass is 32.2. The lowest BCUT2D eigenvalue weighted by molar-refractivity contribution is 0.472. The number of phenols is 1. The summed E-state index contributed by atoms with van der Waals surface area (Å²) in [6, 6.07) is 27.4. The van der Waals surface area contributed by atoms with Gasteiger partial charge in [0.15, 0.2) is 5.75 Å². The predicted octanol–water partition coefficient (Wildman–Crippen LogP) is 9.42. The van der Waals surface area contributed by atoms with Crippen LogP contribution < -0.4 is 5.73 Å². The van der Waals surface area contributed by atoms with Crippen LogP contribution in [0.15, 0.2) is 161 Å². The number of fused-ring (bicyclic) bond motifs is 3. The largest absolute Gasteiger partial charge is 0.505 e. The Hall–Kier alpha value is -6.55. The minimum Gasteiger partial charge on any atom is -0.505 e. The molecule has 0 fully saturated rings. The molecule has 0 unspecified atom stereocenters. The molecule has 0 aliphatic rings. The van der Waals surface area contributed by atoms with Crippen molar-refractivity contribution in [2.24, 2.45) is 30.7 Å². The molecule has 0 radical (unpaired) electrons. The zero-order valence-electron chi connectivity index (χ0n) is 28.2. The van der Waals surface area contributed by atoms with Gasteiger partial charge in [-0.05, 0) is 78.2 Å². The van der Waals surface area contributed by atoms with E-state index >= 15 is 0 Å². The Morgan fingerprint density at radius 2 is 0.911 bits per heavy atom. The van der Waals surface area contributed by atoms with E-state index in [0.717, 1.165) is 18.2 Å². The second kappa shape index (κ2) is 14.3. The van der Waals surface area contributed by atoms with Crippen molar-refractivity contribution in [2.45, 2.75) is 14.7 Å². The summed E-state index contributed by atoms with van der Waals surface area (Å²) >= 11 is 0. The third-order valence-corrected chi connectivity index (χ3v) is 11.0. The van der Waals surface area contributed by atoms with Crippen LogP contribution in [-0.4, -0.2) is 44.0 Å². The second-order valence-electron chi connectivity index (χ2n) is 12.0. The molecule has 7 rings (SSSR count). The number of benzene rings is 7. The van der Waals surface area contributed by atoms with E-state index in [1.165, 1.54) is 54.6 Å². The number of hydrogen-bond acceptors (Lipinski definition) is 14. The van der Waals surface area contributed by atoms with Crippen molar-refractivity contribution in [3.63, 3.8) is 0 Å². The first-order valence-electron chi connectivity index (χ1n) is 15.9. The molecule has 56 heavy (non-hydrogen) atoms. The summed E-state index contributed by atoms with van der Waals surface area (Å²) in [5.41, 5.74) is 6.27. The van der Waals surface area contributed by atoms with Gasteiger partial charge in [-0.15, -0.1) is 30.7 Å². The molecule has 0 saturated carbocycles. The molecule has 17 nitrogen and oxygen atoms in total. The maximum atomic E-state index is 12.3. The molecule has 0 atom stereocenters. The van der Waals surface area contributed by atoms with E-state index < -0.39 is 56.5 Å². The quantitative estimate of drug-likeness (QED) is 0.0519. The zero-order valence-corrected chi connectivity index (χ0v) is 30.6. The minimum absolute atomic E-state index is 0.0433. The summed E-state index contributed by atoms with van der Waals surface area (Å²) < 4.78 is 102. The van der Waals surface area contributed by atoms with E-state index in [4.69, 9.17) is 5.73 Å². The number of nitrogens with zero attached hydrogens (tertiary/aromatic N) is 6. The first kappa shape index (κ1) is 37.8. The van der Waals surface area contributed by atoms with Gasteiger partial charge in [0.25, 0.3) is 30.4 Å². The highest BCUT2D eigenvalue weighted by molar-refractivity contribution is 7.86. The molecular formula is C36H25N7O10S3. The Bertz CT molecular complexity index is 3210. The van der Waals surface area contributed by atoms with E-state index in [0.29, 0.717) is 22.1 Å². The van der Waals surface area contributed by atoms with Crippen molar-refractivity contribution in [1.82, 2.24) is 0 Å². The molecule has 7 aromatic carbocycles. The summed E-state index contributed by atoms with van der Waals surface area (Å²) in [6.45, 7) is 0. The van der Waals surface area contributed by atoms with Gasteiger partial charge < -0.3 is 10.8 Å². The monoisotopic (exact) mass is 811 g/mol. The number of rotatable bonds is 9. The fourth-order valence-electron chi connectivity index (χ4n) is 5.81. The summed E-state index contributed by atoms with van der Waals surface area (Å²) in [5, 5.41) is 38.0. The van der Waals surface area contributed by atoms with Gasteiger partial charge in [0, 0.05) is 32.6 Å². The van der Waals surface area contributed by atoms with Crippen LogP contribution in [0, 0.1) is 0 Å². The maximum absolute atomic E-state index is 12.3. The highest BCUT2D eigenvalue weighted by Crippen LogP contribution is 2.44. The van der Waals surface area contributed by atoms with Gasteiger partial charge >= 0.3 is 0 Å². The molecule has 0 saturated heterocycles. The van der Waals surface area contributed by atoms with Crippen molar-refractivity contribution in [3.05, 3.63) is 115 Å². The molecule has 0 aliphatic heterocycles. The lowest BCUT2D eigenvalue weighted by Crippen LogP contribution is -1.99. The van der Waals surface area contributed by atoms with Gasteiger partial charge in [-0.2, -0.15) is 25.3 Å². The van der Waals surface area contributed by atoms with Crippen LogP contribution in [0.4, 0.5) is 39.8 Å². The number of aromatic hydroxyl groups is 1. The van der Waals surface area contributed by atoms with Crippen LogP contribution in [0.3, 0.4) is 0 Å². The van der Waals surface area contributed by atoms with E-state index in [9.17, 15) is 44.0 Å². The first-order valence-corrected chi connectivity index (χ1v) is 20.2. The SMILES string of the molecule is Nc1ccc2c(O)c(N=Nc3ccc(N=Nc4ccc(N=Nc5ccccc5S(=O)(=O)O)c5ccccc45)c4ccc(S(=O)(=O)O)cc34)c(S(=O)(=O)O)cc2c1.